The summed E-state index contributed by atoms with van der Waals surface area (Å²) >= 11 is 6.24. The number of halogens is 5. The lowest BCUT2D eigenvalue weighted by Crippen LogP contribution is -2.53. The summed E-state index contributed by atoms with van der Waals surface area (Å²) in [6.07, 6.45) is -5.19. The van der Waals surface area contributed by atoms with Gasteiger partial charge in [-0.15, -0.1) is 0 Å². The molecule has 3 aromatic rings. The first-order valence-corrected chi connectivity index (χ1v) is 15.9. The molecule has 0 bridgehead atoms. The fraction of sp³-hybridized carbons (Fsp3) is 0.391. The van der Waals surface area contributed by atoms with Gasteiger partial charge in [-0.2, -0.15) is 13.2 Å². The lowest BCUT2D eigenvalue weighted by molar-refractivity contribution is -0.264. The topological polar surface area (TPSA) is 48.3 Å². The van der Waals surface area contributed by atoms with Gasteiger partial charge in [0.1, 0.15) is 5.82 Å². The molecule has 34 heavy (non-hydrogen) atoms. The zero-order chi connectivity index (χ0) is 25.3. The van der Waals surface area contributed by atoms with Crippen LogP contribution in [-0.4, -0.2) is 26.9 Å². The van der Waals surface area contributed by atoms with Crippen LogP contribution in [0.1, 0.15) is 29.7 Å². The largest absolute Gasteiger partial charge is 0.422 e. The molecule has 1 heterocycles. The van der Waals surface area contributed by atoms with Gasteiger partial charge in [-0.05, 0) is 75.7 Å². The number of hydrogen-bond donors (Lipinski definition) is 0. The van der Waals surface area contributed by atoms with Crippen LogP contribution in [0.25, 0.3) is 10.9 Å². The third-order valence-corrected chi connectivity index (χ3v) is 8.98. The quantitative estimate of drug-likeness (QED) is 0.270. The van der Waals surface area contributed by atoms with Crippen LogP contribution in [0.4, 0.5) is 17.6 Å². The maximum absolute atomic E-state index is 14.9. The highest BCUT2D eigenvalue weighted by Crippen LogP contribution is 2.54. The summed E-state index contributed by atoms with van der Waals surface area (Å²) in [5, 5.41) is -0.433. The zero-order valence-electron chi connectivity index (χ0n) is 19.1. The molecule has 4 nitrogen and oxygen atoms in total. The summed E-state index contributed by atoms with van der Waals surface area (Å²) in [7, 11) is -7.40. The summed E-state index contributed by atoms with van der Waals surface area (Å²) < 4.78 is 93.5. The van der Waals surface area contributed by atoms with E-state index < -0.39 is 53.1 Å². The van der Waals surface area contributed by atoms with Crippen molar-refractivity contribution in [3.8, 4) is 0 Å². The van der Waals surface area contributed by atoms with Crippen molar-refractivity contribution in [3.05, 3.63) is 64.1 Å². The molecule has 184 valence electrons. The normalized spacial score (nSPS) is 19.4. The lowest BCUT2D eigenvalue weighted by atomic mass is 9.82. The first-order chi connectivity index (χ1) is 15.6. The molecule has 1 aliphatic carbocycles. The van der Waals surface area contributed by atoms with Crippen LogP contribution >= 0.6 is 11.6 Å². The molecule has 0 fully saturated rings. The Hall–Kier alpha value is -1.88. The summed E-state index contributed by atoms with van der Waals surface area (Å²) in [4.78, 5) is -0.187. The van der Waals surface area contributed by atoms with Crippen molar-refractivity contribution >= 4 is 40.8 Å². The third-order valence-electron chi connectivity index (χ3n) is 5.92. The molecule has 0 saturated carbocycles. The maximum Gasteiger partial charge on any atom is 0.422 e. The van der Waals surface area contributed by atoms with Crippen molar-refractivity contribution in [2.24, 2.45) is 0 Å². The first kappa shape index (κ1) is 25.2. The van der Waals surface area contributed by atoms with E-state index in [1.54, 1.807) is 38.7 Å². The Balaban J connectivity index is 2.21. The molecule has 2 aromatic carbocycles. The van der Waals surface area contributed by atoms with Gasteiger partial charge in [0.2, 0.25) is 0 Å². The summed E-state index contributed by atoms with van der Waals surface area (Å²) in [6.45, 7) is 6.61. The van der Waals surface area contributed by atoms with Gasteiger partial charge in [-0.25, -0.2) is 16.8 Å². The molecule has 1 aromatic heterocycles. The van der Waals surface area contributed by atoms with Crippen LogP contribution < -0.4 is 0 Å². The molecule has 1 unspecified atom stereocenters. The van der Waals surface area contributed by atoms with Crippen molar-refractivity contribution in [2.75, 3.05) is 0 Å². The van der Waals surface area contributed by atoms with Crippen LogP contribution in [0.15, 0.2) is 41.3 Å². The van der Waals surface area contributed by atoms with Crippen molar-refractivity contribution in [1.29, 1.82) is 0 Å². The van der Waals surface area contributed by atoms with Gasteiger partial charge in [0.15, 0.2) is 13.9 Å². The van der Waals surface area contributed by atoms with E-state index in [1.807, 2.05) is 0 Å². The van der Waals surface area contributed by atoms with Crippen molar-refractivity contribution in [3.63, 3.8) is 0 Å². The molecule has 0 radical (unpaired) electrons. The van der Waals surface area contributed by atoms with Gasteiger partial charge in [0, 0.05) is 5.39 Å². The van der Waals surface area contributed by atoms with E-state index in [0.717, 1.165) is 17.7 Å². The van der Waals surface area contributed by atoms with Crippen LogP contribution in [0, 0.1) is 12.7 Å². The predicted molar refractivity (Wildman–Crippen MR) is 126 cm³/mol. The van der Waals surface area contributed by atoms with Crippen molar-refractivity contribution in [1.82, 2.24) is 3.97 Å². The number of nitrogens with zero attached hydrogens (tertiary/aromatic N) is 1. The van der Waals surface area contributed by atoms with Crippen molar-refractivity contribution < 1.29 is 30.4 Å². The maximum atomic E-state index is 14.9. The molecule has 1 atom stereocenters. The standard InChI is InChI=1S/C23H24ClF4NO3SSi/c1-14-7-9-15(10-8-14)33(30,31)29-18-12-11-17(25)20(24)19(18)16-6-5-13-22(21(16)29,23(26,27)28)32-34(2,3)4/h7-12H,5-6,13H2,1-4H3. The van der Waals surface area contributed by atoms with Crippen LogP contribution in [0.2, 0.25) is 24.7 Å². The van der Waals surface area contributed by atoms with E-state index in [-0.39, 0.29) is 34.2 Å². The van der Waals surface area contributed by atoms with Gasteiger partial charge in [0.25, 0.3) is 10.0 Å². The van der Waals surface area contributed by atoms with E-state index in [9.17, 15) is 26.0 Å². The Morgan fingerprint density at radius 1 is 1.09 bits per heavy atom. The second-order valence-corrected chi connectivity index (χ2v) is 16.2. The van der Waals surface area contributed by atoms with Gasteiger partial charge in [-0.1, -0.05) is 29.3 Å². The molecule has 0 amide bonds. The molecule has 0 spiro atoms. The highest BCUT2D eigenvalue weighted by atomic mass is 35.5. The average molecular weight is 534 g/mol. The third kappa shape index (κ3) is 3.88. The fourth-order valence-electron chi connectivity index (χ4n) is 4.66. The minimum atomic E-state index is -4.93. The van der Waals surface area contributed by atoms with E-state index in [4.69, 9.17) is 16.0 Å². The molecule has 0 aliphatic heterocycles. The van der Waals surface area contributed by atoms with Crippen LogP contribution in [0.5, 0.6) is 0 Å². The Labute approximate surface area is 201 Å². The zero-order valence-corrected chi connectivity index (χ0v) is 21.6. The SMILES string of the molecule is Cc1ccc(S(=O)(=O)n2c3c(c4c(Cl)c(F)ccc42)CCCC3(O[Si](C)(C)C)C(F)(F)F)cc1. The number of rotatable bonds is 4. The highest BCUT2D eigenvalue weighted by Gasteiger charge is 2.63. The Bertz CT molecular complexity index is 1380. The number of aryl methyl sites for hydroxylation is 2. The summed E-state index contributed by atoms with van der Waals surface area (Å²) in [5.41, 5.74) is -2.67. The lowest BCUT2D eigenvalue weighted by Gasteiger charge is -2.43. The number of benzene rings is 2. The number of hydrogen-bond acceptors (Lipinski definition) is 3. The van der Waals surface area contributed by atoms with E-state index >= 15 is 0 Å². The van der Waals surface area contributed by atoms with Gasteiger partial charge in [-0.3, -0.25) is 0 Å². The second-order valence-electron chi connectivity index (χ2n) is 9.56. The fourth-order valence-corrected chi connectivity index (χ4v) is 7.90. The second kappa shape index (κ2) is 8.08. The monoisotopic (exact) mass is 533 g/mol. The number of fused-ring (bicyclic) bond motifs is 3. The number of aromatic nitrogens is 1. The van der Waals surface area contributed by atoms with Gasteiger partial charge < -0.3 is 4.43 Å². The Morgan fingerprint density at radius 2 is 1.71 bits per heavy atom. The Kier molecular flexibility index (Phi) is 5.99. The van der Waals surface area contributed by atoms with Crippen molar-refractivity contribution in [2.45, 2.75) is 62.5 Å². The summed E-state index contributed by atoms with van der Waals surface area (Å²) in [6, 6.07) is 7.93. The minimum absolute atomic E-state index is 0.0279. The molecular formula is C23H24ClF4NO3SSi. The molecule has 1 aliphatic rings. The average Bonchev–Trinajstić information content (AvgIpc) is 3.06. The van der Waals surface area contributed by atoms with Gasteiger partial charge >= 0.3 is 6.18 Å². The molecule has 0 N–H and O–H groups in total. The van der Waals surface area contributed by atoms with Gasteiger partial charge in [0.05, 0.1) is 21.1 Å². The molecular weight excluding hydrogens is 510 g/mol. The van der Waals surface area contributed by atoms with E-state index in [2.05, 4.69) is 0 Å². The number of alkyl halides is 3. The predicted octanol–water partition coefficient (Wildman–Crippen LogP) is 6.92. The minimum Gasteiger partial charge on any atom is -0.399 e. The Morgan fingerprint density at radius 3 is 2.26 bits per heavy atom. The van der Waals surface area contributed by atoms with E-state index in [1.165, 1.54) is 12.1 Å². The first-order valence-electron chi connectivity index (χ1n) is 10.7. The smallest absolute Gasteiger partial charge is 0.399 e. The summed E-state index contributed by atoms with van der Waals surface area (Å²) in [5.74, 6) is -0.837. The highest BCUT2D eigenvalue weighted by molar-refractivity contribution is 7.90. The molecule has 0 saturated heterocycles. The van der Waals surface area contributed by atoms with Crippen LogP contribution in [-0.2, 0) is 26.5 Å². The molecule has 11 heteroatoms. The van der Waals surface area contributed by atoms with E-state index in [0.29, 0.717) is 3.97 Å². The van der Waals surface area contributed by atoms with Crippen LogP contribution in [0.3, 0.4) is 0 Å². The molecule has 4 rings (SSSR count).